The summed E-state index contributed by atoms with van der Waals surface area (Å²) in [5, 5.41) is 2.96. The zero-order valence-corrected chi connectivity index (χ0v) is 28.9. The normalized spacial score (nSPS) is 18.9. The first-order chi connectivity index (χ1) is 23.9. The Morgan fingerprint density at radius 2 is 1.78 bits per heavy atom. The lowest BCUT2D eigenvalue weighted by molar-refractivity contribution is -0.136. The zero-order valence-electron chi connectivity index (χ0n) is 28.9. The van der Waals surface area contributed by atoms with Crippen molar-refractivity contribution in [1.29, 1.82) is 0 Å². The number of carbonyl (C=O) groups excluding carboxylic acids is 2. The van der Waals surface area contributed by atoms with Gasteiger partial charge in [-0.15, -0.1) is 0 Å². The van der Waals surface area contributed by atoms with Gasteiger partial charge in [0.25, 0.3) is 11.5 Å². The second-order valence-corrected chi connectivity index (χ2v) is 13.8. The molecule has 2 aliphatic heterocycles. The minimum absolute atomic E-state index is 0.0432. The molecule has 1 atom stereocenters. The Kier molecular flexibility index (Phi) is 11.9. The average Bonchev–Trinajstić information content (AvgIpc) is 3.14. The van der Waals surface area contributed by atoms with E-state index in [-0.39, 0.29) is 29.5 Å². The van der Waals surface area contributed by atoms with E-state index in [1.165, 1.54) is 19.3 Å². The van der Waals surface area contributed by atoms with Crippen LogP contribution in [0.1, 0.15) is 79.9 Å². The summed E-state index contributed by atoms with van der Waals surface area (Å²) >= 11 is 0. The lowest BCUT2D eigenvalue weighted by atomic mass is 9.83. The number of amides is 2. The smallest absolute Gasteiger partial charge is 0.269 e. The molecule has 3 fully saturated rings. The van der Waals surface area contributed by atoms with E-state index in [9.17, 15) is 14.4 Å². The van der Waals surface area contributed by atoms with Crippen molar-refractivity contribution in [2.24, 2.45) is 11.7 Å². The molecule has 3 aromatic heterocycles. The van der Waals surface area contributed by atoms with Gasteiger partial charge < -0.3 is 30.6 Å². The van der Waals surface area contributed by atoms with Gasteiger partial charge in [-0.05, 0) is 74.3 Å². The minimum Gasteiger partial charge on any atom is -0.378 e. The fourth-order valence-corrected chi connectivity index (χ4v) is 7.41. The summed E-state index contributed by atoms with van der Waals surface area (Å²) in [4.78, 5) is 56.5. The van der Waals surface area contributed by atoms with Gasteiger partial charge >= 0.3 is 0 Å². The predicted octanol–water partition coefficient (Wildman–Crippen LogP) is 3.24. The number of likely N-dealkylation sites (tertiary alicyclic amines) is 1. The van der Waals surface area contributed by atoms with E-state index in [1.54, 1.807) is 12.3 Å². The molecular formula is C37H52N8O4. The number of aromatic nitrogens is 3. The predicted molar refractivity (Wildman–Crippen MR) is 191 cm³/mol. The molecule has 49 heavy (non-hydrogen) atoms. The van der Waals surface area contributed by atoms with Crippen LogP contribution in [0.15, 0.2) is 41.5 Å². The van der Waals surface area contributed by atoms with E-state index >= 15 is 0 Å². The first-order valence-corrected chi connectivity index (χ1v) is 18.3. The molecule has 3 aliphatic rings. The molecule has 3 aromatic rings. The zero-order chi connectivity index (χ0) is 34.2. The first-order valence-electron chi connectivity index (χ1n) is 18.3. The van der Waals surface area contributed by atoms with Gasteiger partial charge in [0.1, 0.15) is 5.69 Å². The van der Waals surface area contributed by atoms with E-state index < -0.39 is 0 Å². The average molecular weight is 673 g/mol. The number of aryl methyl sites for hydroxylation is 1. The number of anilines is 1. The molecule has 0 aromatic carbocycles. The lowest BCUT2D eigenvalue weighted by Gasteiger charge is -2.36. The number of pyridine rings is 3. The largest absolute Gasteiger partial charge is 0.378 e. The molecule has 0 unspecified atom stereocenters. The van der Waals surface area contributed by atoms with E-state index in [1.807, 2.05) is 36.2 Å². The number of nitrogens with one attached hydrogen (secondary N) is 2. The van der Waals surface area contributed by atoms with Gasteiger partial charge in [-0.25, -0.2) is 4.98 Å². The lowest BCUT2D eigenvalue weighted by Crippen LogP contribution is -2.51. The van der Waals surface area contributed by atoms with Crippen molar-refractivity contribution < 1.29 is 14.3 Å². The quantitative estimate of drug-likeness (QED) is 0.247. The molecule has 0 bridgehead atoms. The number of fused-ring (bicyclic) bond motifs is 1. The number of H-pyrrole nitrogens is 1. The third kappa shape index (κ3) is 9.03. The monoisotopic (exact) mass is 672 g/mol. The number of aromatic amines is 1. The van der Waals surface area contributed by atoms with Crippen molar-refractivity contribution in [3.63, 3.8) is 0 Å². The molecule has 5 heterocycles. The summed E-state index contributed by atoms with van der Waals surface area (Å²) in [6.45, 7) is 8.71. The summed E-state index contributed by atoms with van der Waals surface area (Å²) < 4.78 is 6.07. The molecule has 2 amide bonds. The Balaban J connectivity index is 0.859. The Labute approximate surface area is 288 Å². The highest BCUT2D eigenvalue weighted by Crippen LogP contribution is 2.27. The van der Waals surface area contributed by atoms with Gasteiger partial charge in [0.05, 0.1) is 35.1 Å². The van der Waals surface area contributed by atoms with Crippen LogP contribution in [0, 0.1) is 5.92 Å². The molecule has 6 rings (SSSR count). The third-order valence-corrected chi connectivity index (χ3v) is 10.5. The number of hydrogen-bond donors (Lipinski definition) is 3. The fraction of sp³-hybridized carbons (Fsp3) is 0.595. The Bertz CT molecular complexity index is 1610. The molecule has 12 nitrogen and oxygen atoms in total. The molecular weight excluding hydrogens is 620 g/mol. The highest BCUT2D eigenvalue weighted by atomic mass is 16.5. The molecule has 0 radical (unpaired) electrons. The first kappa shape index (κ1) is 35.0. The van der Waals surface area contributed by atoms with Crippen molar-refractivity contribution in [2.75, 3.05) is 57.3 Å². The van der Waals surface area contributed by atoms with Gasteiger partial charge in [-0.1, -0.05) is 26.2 Å². The number of piperidine rings is 1. The van der Waals surface area contributed by atoms with Crippen LogP contribution < -0.4 is 21.5 Å². The maximum atomic E-state index is 12.9. The highest BCUT2D eigenvalue weighted by molar-refractivity contribution is 5.92. The summed E-state index contributed by atoms with van der Waals surface area (Å²) in [5.74, 6) is 0.250. The van der Waals surface area contributed by atoms with Gasteiger partial charge in [0.2, 0.25) is 5.91 Å². The van der Waals surface area contributed by atoms with Crippen molar-refractivity contribution in [3.05, 3.63) is 63.8 Å². The van der Waals surface area contributed by atoms with Crippen molar-refractivity contribution in [2.45, 2.75) is 83.4 Å². The Hall–Kier alpha value is -3.87. The minimum atomic E-state index is -0.362. The SMILES string of the molecule is CCc1cc2ncc(CN3CCN(c4ccc(C(=O)NCCCOC5CCN(C(=O)[C@H](N)C6CCCCC6)CC5)nc4)CC3)cc2[nH]c1=O. The van der Waals surface area contributed by atoms with Crippen molar-refractivity contribution in [1.82, 2.24) is 30.1 Å². The Morgan fingerprint density at radius 1 is 1.00 bits per heavy atom. The fourth-order valence-electron chi connectivity index (χ4n) is 7.41. The number of piperazine rings is 1. The summed E-state index contributed by atoms with van der Waals surface area (Å²) in [7, 11) is 0. The maximum Gasteiger partial charge on any atom is 0.269 e. The van der Waals surface area contributed by atoms with Crippen LogP contribution in [-0.2, 0) is 22.5 Å². The molecule has 264 valence electrons. The van der Waals surface area contributed by atoms with Crippen LogP contribution in [0.5, 0.6) is 0 Å². The summed E-state index contributed by atoms with van der Waals surface area (Å²) in [5.41, 5.74) is 11.1. The van der Waals surface area contributed by atoms with Gasteiger partial charge in [-0.3, -0.25) is 24.3 Å². The van der Waals surface area contributed by atoms with Crippen LogP contribution in [0.25, 0.3) is 11.0 Å². The number of ether oxygens (including phenoxy) is 1. The summed E-state index contributed by atoms with van der Waals surface area (Å²) in [6.07, 6.45) is 12.6. The van der Waals surface area contributed by atoms with E-state index in [0.29, 0.717) is 50.7 Å². The standard InChI is InChI=1S/C37H52N8O4/c1-2-27-22-32-33(42-35(27)46)21-26(23-40-32)25-43-16-18-44(19-17-43)29-9-10-31(41-24-29)36(47)39-13-6-20-49-30-11-14-45(15-12-30)37(48)34(38)28-7-4-3-5-8-28/h9-10,21-24,28,30,34H,2-8,11-20,25,38H2,1H3,(H,39,47)(H,42,46)/t34-/m1/s1. The van der Waals surface area contributed by atoms with Gasteiger partial charge in [-0.2, -0.15) is 0 Å². The second kappa shape index (κ2) is 16.7. The molecule has 4 N–H and O–H groups in total. The second-order valence-electron chi connectivity index (χ2n) is 13.8. The van der Waals surface area contributed by atoms with Crippen LogP contribution in [0.4, 0.5) is 5.69 Å². The van der Waals surface area contributed by atoms with Crippen molar-refractivity contribution in [3.8, 4) is 0 Å². The van der Waals surface area contributed by atoms with Crippen LogP contribution in [-0.4, -0.2) is 101 Å². The Morgan fingerprint density at radius 3 is 2.49 bits per heavy atom. The topological polar surface area (TPSA) is 150 Å². The number of hydrogen-bond acceptors (Lipinski definition) is 9. The van der Waals surface area contributed by atoms with E-state index in [0.717, 1.165) is 86.3 Å². The molecule has 0 spiro atoms. The number of rotatable bonds is 12. The summed E-state index contributed by atoms with van der Waals surface area (Å²) in [6, 6.07) is 7.29. The van der Waals surface area contributed by atoms with Crippen molar-refractivity contribution >= 4 is 28.5 Å². The maximum absolute atomic E-state index is 12.9. The van der Waals surface area contributed by atoms with Gasteiger partial charge in [0.15, 0.2) is 0 Å². The number of nitrogens with zero attached hydrogens (tertiary/aromatic N) is 5. The molecule has 1 aliphatic carbocycles. The molecule has 12 heteroatoms. The number of carbonyl (C=O) groups is 2. The molecule has 2 saturated heterocycles. The van der Waals surface area contributed by atoms with E-state index in [2.05, 4.69) is 30.1 Å². The van der Waals surface area contributed by atoms with Crippen LogP contribution in [0.3, 0.4) is 0 Å². The van der Waals surface area contributed by atoms with E-state index in [4.69, 9.17) is 10.5 Å². The highest BCUT2D eigenvalue weighted by Gasteiger charge is 2.32. The van der Waals surface area contributed by atoms with Crippen LogP contribution in [0.2, 0.25) is 0 Å². The van der Waals surface area contributed by atoms with Gasteiger partial charge in [0, 0.05) is 70.7 Å². The van der Waals surface area contributed by atoms with Crippen LogP contribution >= 0.6 is 0 Å². The third-order valence-electron chi connectivity index (χ3n) is 10.5. The number of nitrogens with two attached hydrogens (primary N) is 1. The molecule has 1 saturated carbocycles.